The van der Waals surface area contributed by atoms with Crippen LogP contribution in [0.3, 0.4) is 0 Å². The maximum atomic E-state index is 14.2. The molecule has 7 nitrogen and oxygen atoms in total. The van der Waals surface area contributed by atoms with E-state index in [1.54, 1.807) is 36.4 Å². The molecule has 10 heteroatoms. The van der Waals surface area contributed by atoms with Crippen LogP contribution in [0.5, 0.6) is 0 Å². The Morgan fingerprint density at radius 2 is 1.87 bits per heavy atom. The number of halogens is 3. The van der Waals surface area contributed by atoms with E-state index in [0.717, 1.165) is 39.6 Å². The first-order valence-corrected chi connectivity index (χ1v) is 15.4. The lowest BCUT2D eigenvalue weighted by Gasteiger charge is -2.37. The summed E-state index contributed by atoms with van der Waals surface area (Å²) in [5, 5.41) is 12.5. The van der Waals surface area contributed by atoms with Crippen molar-refractivity contribution in [1.82, 2.24) is 14.8 Å². The molecular weight excluding hydrogens is 594 g/mol. The van der Waals surface area contributed by atoms with Crippen molar-refractivity contribution in [2.45, 2.75) is 46.1 Å². The number of carbonyl (C=O) groups excluding carboxylic acids is 1. The Bertz CT molecular complexity index is 1890. The summed E-state index contributed by atoms with van der Waals surface area (Å²) in [4.78, 5) is 18.6. The van der Waals surface area contributed by atoms with Gasteiger partial charge in [-0.15, -0.1) is 0 Å². The molecule has 2 aliphatic heterocycles. The lowest BCUT2D eigenvalue weighted by Crippen LogP contribution is -2.31. The summed E-state index contributed by atoms with van der Waals surface area (Å²) in [6.07, 6.45) is 3.75. The number of alkyl halides is 2. The molecule has 1 amide bonds. The van der Waals surface area contributed by atoms with Gasteiger partial charge in [-0.1, -0.05) is 30.7 Å². The number of nitrogens with one attached hydrogen (secondary N) is 2. The van der Waals surface area contributed by atoms with Crippen molar-refractivity contribution in [2.24, 2.45) is 13.0 Å². The predicted octanol–water partition coefficient (Wildman–Crippen LogP) is 8.69. The number of carbonyl (C=O) groups is 1. The quantitative estimate of drug-likeness (QED) is 0.209. The molecule has 0 spiro atoms. The number of nitrogens with zero attached hydrogens (tertiary/aromatic N) is 4. The minimum absolute atomic E-state index is 0.00189. The molecule has 3 aromatic carbocycles. The van der Waals surface area contributed by atoms with Crippen LogP contribution in [0.15, 0.2) is 73.2 Å². The van der Waals surface area contributed by atoms with E-state index in [-0.39, 0.29) is 17.5 Å². The number of hydrogen-bond acceptors (Lipinski definition) is 5. The monoisotopic (exact) mass is 628 g/mol. The fraction of sp³-hybridized carbons (Fsp3) is 0.286. The summed E-state index contributed by atoms with van der Waals surface area (Å²) in [7, 11) is 1.78. The molecule has 4 heterocycles. The highest BCUT2D eigenvalue weighted by Gasteiger charge is 2.30. The van der Waals surface area contributed by atoms with Gasteiger partial charge in [0.2, 0.25) is 5.91 Å². The van der Waals surface area contributed by atoms with E-state index in [1.807, 2.05) is 55.5 Å². The topological polar surface area (TPSA) is 75.1 Å². The fourth-order valence-electron chi connectivity index (χ4n) is 6.19. The number of aromatic nitrogens is 3. The molecule has 2 aliphatic rings. The van der Waals surface area contributed by atoms with E-state index in [2.05, 4.69) is 39.5 Å². The lowest BCUT2D eigenvalue weighted by molar-refractivity contribution is -0.116. The highest BCUT2D eigenvalue weighted by Crippen LogP contribution is 2.46. The maximum Gasteiger partial charge on any atom is 0.264 e. The molecule has 232 valence electrons. The molecule has 0 aliphatic carbocycles. The number of para-hydroxylation sites is 1. The molecule has 0 radical (unpaired) electrons. The van der Waals surface area contributed by atoms with Crippen LogP contribution in [-0.2, 0) is 18.3 Å². The standard InChI is InChI=1S/C25H27F2N5O.C10H8ClN/c1-14-7-16-9-18(17-11-28-31(3)13-17)19(25(26)27)10-22(16)32(12-14)21-6-4-5-20-24(21)29-15(2)8-23(33)30-20;1-7-4-5-12-10-6-8(11)2-3-9(7)10/h4-6,9-11,13-15,25,29H,7-8,12H2,1-3H3,(H,30,33);2-6H,1H3/t14?,15-;/m1./s1. The Balaban J connectivity index is 0.000000248. The normalized spacial score (nSPS) is 17.5. The van der Waals surface area contributed by atoms with Crippen LogP contribution in [0, 0.1) is 12.8 Å². The summed E-state index contributed by atoms with van der Waals surface area (Å²) in [6.45, 7) is 6.90. The van der Waals surface area contributed by atoms with Gasteiger partial charge in [0, 0.05) is 65.7 Å². The third kappa shape index (κ3) is 6.35. The van der Waals surface area contributed by atoms with Crippen LogP contribution in [0.25, 0.3) is 22.0 Å². The summed E-state index contributed by atoms with van der Waals surface area (Å²) in [6, 6.07) is 17.0. The van der Waals surface area contributed by atoms with E-state index in [1.165, 1.54) is 10.9 Å². The van der Waals surface area contributed by atoms with E-state index in [9.17, 15) is 13.6 Å². The highest BCUT2D eigenvalue weighted by molar-refractivity contribution is 6.31. The van der Waals surface area contributed by atoms with E-state index < -0.39 is 6.43 Å². The summed E-state index contributed by atoms with van der Waals surface area (Å²) in [5.74, 6) is 0.282. The minimum Gasteiger partial charge on any atom is -0.379 e. The minimum atomic E-state index is -2.61. The average molecular weight is 629 g/mol. The van der Waals surface area contributed by atoms with Gasteiger partial charge in [0.15, 0.2) is 0 Å². The zero-order chi connectivity index (χ0) is 31.8. The third-order valence-electron chi connectivity index (χ3n) is 8.27. The lowest BCUT2D eigenvalue weighted by atomic mass is 9.88. The number of amides is 1. The molecule has 0 bridgehead atoms. The number of benzene rings is 3. The van der Waals surface area contributed by atoms with Crippen molar-refractivity contribution in [3.8, 4) is 11.1 Å². The predicted molar refractivity (Wildman–Crippen MR) is 178 cm³/mol. The molecule has 1 unspecified atom stereocenters. The Morgan fingerprint density at radius 1 is 1.04 bits per heavy atom. The summed E-state index contributed by atoms with van der Waals surface area (Å²) < 4.78 is 30.0. The van der Waals surface area contributed by atoms with Crippen molar-refractivity contribution in [1.29, 1.82) is 0 Å². The van der Waals surface area contributed by atoms with E-state index >= 15 is 0 Å². The second-order valence-electron chi connectivity index (χ2n) is 12.0. The van der Waals surface area contributed by atoms with Gasteiger partial charge in [-0.2, -0.15) is 5.10 Å². The van der Waals surface area contributed by atoms with Crippen LogP contribution in [-0.4, -0.2) is 33.3 Å². The van der Waals surface area contributed by atoms with Crippen molar-refractivity contribution >= 4 is 51.2 Å². The number of fused-ring (bicyclic) bond motifs is 3. The second kappa shape index (κ2) is 12.5. The number of rotatable bonds is 3. The van der Waals surface area contributed by atoms with Crippen LogP contribution >= 0.6 is 11.6 Å². The Morgan fingerprint density at radius 3 is 2.62 bits per heavy atom. The van der Waals surface area contributed by atoms with Crippen molar-refractivity contribution in [3.63, 3.8) is 0 Å². The smallest absolute Gasteiger partial charge is 0.264 e. The first-order valence-electron chi connectivity index (χ1n) is 15.0. The maximum absolute atomic E-state index is 14.2. The molecule has 0 fully saturated rings. The molecule has 0 saturated carbocycles. The largest absolute Gasteiger partial charge is 0.379 e. The molecule has 7 rings (SSSR count). The molecule has 2 N–H and O–H groups in total. The molecule has 0 saturated heterocycles. The molecule has 45 heavy (non-hydrogen) atoms. The third-order valence-corrected chi connectivity index (χ3v) is 8.50. The van der Waals surface area contributed by atoms with Crippen LogP contribution in [0.2, 0.25) is 5.02 Å². The zero-order valence-electron chi connectivity index (χ0n) is 25.6. The van der Waals surface area contributed by atoms with Gasteiger partial charge in [-0.25, -0.2) is 8.78 Å². The van der Waals surface area contributed by atoms with Gasteiger partial charge in [0.1, 0.15) is 0 Å². The SMILES string of the molecule is CC1Cc2cc(-c3cnn(C)c3)c(C(F)F)cc2N(c2cccc3c2N[C@H](C)CC(=O)N3)C1.Cc1ccnc2cc(Cl)ccc12. The highest BCUT2D eigenvalue weighted by atomic mass is 35.5. The first-order chi connectivity index (χ1) is 21.6. The summed E-state index contributed by atoms with van der Waals surface area (Å²) in [5.41, 5.74) is 7.63. The van der Waals surface area contributed by atoms with Gasteiger partial charge < -0.3 is 15.5 Å². The Labute approximate surface area is 266 Å². The van der Waals surface area contributed by atoms with Crippen LogP contribution < -0.4 is 15.5 Å². The second-order valence-corrected chi connectivity index (χ2v) is 12.4. The Kier molecular flexibility index (Phi) is 8.46. The van der Waals surface area contributed by atoms with Crippen molar-refractivity contribution in [3.05, 3.63) is 94.9 Å². The van der Waals surface area contributed by atoms with E-state index in [4.69, 9.17) is 11.6 Å². The van der Waals surface area contributed by atoms with Gasteiger partial charge in [-0.3, -0.25) is 14.5 Å². The molecule has 2 atom stereocenters. The number of anilines is 4. The van der Waals surface area contributed by atoms with Crippen molar-refractivity contribution < 1.29 is 13.6 Å². The molecular formula is C35H35ClF2N6O. The van der Waals surface area contributed by atoms with Gasteiger partial charge >= 0.3 is 0 Å². The van der Waals surface area contributed by atoms with Gasteiger partial charge in [0.25, 0.3) is 6.43 Å². The number of aryl methyl sites for hydroxylation is 2. The van der Waals surface area contributed by atoms with Crippen molar-refractivity contribution in [2.75, 3.05) is 22.1 Å². The average Bonchev–Trinajstić information content (AvgIpc) is 3.36. The van der Waals surface area contributed by atoms with Crippen LogP contribution in [0.1, 0.15) is 43.4 Å². The Hall–Kier alpha value is -4.50. The fourth-order valence-corrected chi connectivity index (χ4v) is 6.36. The van der Waals surface area contributed by atoms with E-state index in [0.29, 0.717) is 35.7 Å². The summed E-state index contributed by atoms with van der Waals surface area (Å²) >= 11 is 5.83. The first kappa shape index (κ1) is 30.5. The molecule has 5 aromatic rings. The van der Waals surface area contributed by atoms with Crippen LogP contribution in [0.4, 0.5) is 31.5 Å². The number of hydrogen-bond donors (Lipinski definition) is 2. The zero-order valence-corrected chi connectivity index (χ0v) is 26.4. The van der Waals surface area contributed by atoms with Gasteiger partial charge in [-0.05, 0) is 85.3 Å². The van der Waals surface area contributed by atoms with Gasteiger partial charge in [0.05, 0.1) is 28.8 Å². The number of pyridine rings is 1. The molecule has 2 aromatic heterocycles.